The number of nitrogens with two attached hydrogens (primary N) is 1. The largest absolute Gasteiger partial charge is 0.352 e. The van der Waals surface area contributed by atoms with Crippen molar-refractivity contribution in [3.05, 3.63) is 29.8 Å². The van der Waals surface area contributed by atoms with Crippen LogP contribution in [0.3, 0.4) is 0 Å². The van der Waals surface area contributed by atoms with Crippen LogP contribution in [0.4, 0.5) is 5.69 Å². The summed E-state index contributed by atoms with van der Waals surface area (Å²) in [4.78, 5) is 24.3. The molecule has 0 aliphatic heterocycles. The van der Waals surface area contributed by atoms with E-state index in [1.807, 2.05) is 20.8 Å². The Morgan fingerprint density at radius 1 is 1.24 bits per heavy atom. The van der Waals surface area contributed by atoms with Crippen LogP contribution in [0.15, 0.2) is 24.3 Å². The normalized spacial score (nSPS) is 12.0. The van der Waals surface area contributed by atoms with E-state index in [9.17, 15) is 9.59 Å². The lowest BCUT2D eigenvalue weighted by atomic mass is 10.1. The Morgan fingerprint density at radius 2 is 1.90 bits per heavy atom. The summed E-state index contributed by atoms with van der Waals surface area (Å²) in [5.41, 5.74) is 6.57. The maximum Gasteiger partial charge on any atom is 0.253 e. The third-order valence-electron chi connectivity index (χ3n) is 3.25. The minimum Gasteiger partial charge on any atom is -0.352 e. The fourth-order valence-electron chi connectivity index (χ4n) is 1.88. The van der Waals surface area contributed by atoms with Gasteiger partial charge in [0.2, 0.25) is 5.91 Å². The Kier molecular flexibility index (Phi) is 6.88. The molecule has 0 heterocycles. The van der Waals surface area contributed by atoms with Crippen LogP contribution in [0.5, 0.6) is 0 Å². The minimum absolute atomic E-state index is 0.149. The Balaban J connectivity index is 2.84. The van der Waals surface area contributed by atoms with Crippen LogP contribution >= 0.6 is 0 Å². The molecule has 0 saturated heterocycles. The SMILES string of the molecule is CCC(CN)C(=O)Nc1ccccc1C(=O)NCC(C)C. The number of nitrogens with one attached hydrogen (secondary N) is 2. The average molecular weight is 291 g/mol. The third kappa shape index (κ3) is 5.19. The van der Waals surface area contributed by atoms with Crippen LogP contribution in [0.25, 0.3) is 0 Å². The van der Waals surface area contributed by atoms with Crippen molar-refractivity contribution in [2.75, 3.05) is 18.4 Å². The van der Waals surface area contributed by atoms with Gasteiger partial charge in [-0.15, -0.1) is 0 Å². The summed E-state index contributed by atoms with van der Waals surface area (Å²) in [6.45, 7) is 6.87. The summed E-state index contributed by atoms with van der Waals surface area (Å²) in [5, 5.41) is 5.66. The lowest BCUT2D eigenvalue weighted by Crippen LogP contribution is -2.31. The summed E-state index contributed by atoms with van der Waals surface area (Å²) in [6, 6.07) is 7.00. The molecule has 0 aromatic heterocycles. The van der Waals surface area contributed by atoms with Gasteiger partial charge in [-0.05, 0) is 24.5 Å². The molecule has 5 nitrogen and oxygen atoms in total. The van der Waals surface area contributed by atoms with E-state index < -0.39 is 0 Å². The highest BCUT2D eigenvalue weighted by molar-refractivity contribution is 6.04. The van der Waals surface area contributed by atoms with Crippen molar-refractivity contribution < 1.29 is 9.59 Å². The summed E-state index contributed by atoms with van der Waals surface area (Å²) < 4.78 is 0. The second-order valence-corrected chi connectivity index (χ2v) is 5.48. The lowest BCUT2D eigenvalue weighted by Gasteiger charge is -2.15. The predicted octanol–water partition coefficient (Wildman–Crippen LogP) is 2.00. The standard InChI is InChI=1S/C16H25N3O2/c1-4-12(9-17)15(20)19-14-8-6-5-7-13(14)16(21)18-10-11(2)3/h5-8,11-12H,4,9-10,17H2,1-3H3,(H,18,21)(H,19,20). The zero-order chi connectivity index (χ0) is 15.8. The topological polar surface area (TPSA) is 84.2 Å². The maximum absolute atomic E-state index is 12.2. The highest BCUT2D eigenvalue weighted by atomic mass is 16.2. The van der Waals surface area contributed by atoms with Crippen molar-refractivity contribution in [3.8, 4) is 0 Å². The number of hydrogen-bond acceptors (Lipinski definition) is 3. The van der Waals surface area contributed by atoms with Crippen LogP contribution in [-0.2, 0) is 4.79 Å². The molecule has 1 rings (SSSR count). The molecule has 1 unspecified atom stereocenters. The van der Waals surface area contributed by atoms with E-state index in [-0.39, 0.29) is 17.7 Å². The fraction of sp³-hybridized carbons (Fsp3) is 0.500. The summed E-state index contributed by atoms with van der Waals surface area (Å²) >= 11 is 0. The molecule has 21 heavy (non-hydrogen) atoms. The van der Waals surface area contributed by atoms with Crippen molar-refractivity contribution in [2.24, 2.45) is 17.6 Å². The van der Waals surface area contributed by atoms with Crippen molar-refractivity contribution in [1.82, 2.24) is 5.32 Å². The average Bonchev–Trinajstić information content (AvgIpc) is 2.46. The number of rotatable bonds is 7. The van der Waals surface area contributed by atoms with Crippen LogP contribution in [0.2, 0.25) is 0 Å². The van der Waals surface area contributed by atoms with E-state index in [4.69, 9.17) is 5.73 Å². The van der Waals surface area contributed by atoms with Gasteiger partial charge in [0.1, 0.15) is 0 Å². The van der Waals surface area contributed by atoms with Gasteiger partial charge in [-0.1, -0.05) is 32.9 Å². The molecule has 0 fully saturated rings. The Morgan fingerprint density at radius 3 is 2.48 bits per heavy atom. The van der Waals surface area contributed by atoms with Gasteiger partial charge in [0.15, 0.2) is 0 Å². The van der Waals surface area contributed by atoms with E-state index in [0.29, 0.717) is 36.7 Å². The maximum atomic E-state index is 12.2. The summed E-state index contributed by atoms with van der Waals surface area (Å²) in [7, 11) is 0. The molecule has 1 atom stereocenters. The van der Waals surface area contributed by atoms with Gasteiger partial charge in [-0.2, -0.15) is 0 Å². The first-order valence-corrected chi connectivity index (χ1v) is 7.37. The zero-order valence-electron chi connectivity index (χ0n) is 13.0. The van der Waals surface area contributed by atoms with Crippen LogP contribution in [0.1, 0.15) is 37.6 Å². The monoisotopic (exact) mass is 291 g/mol. The molecule has 1 aromatic rings. The van der Waals surface area contributed by atoms with E-state index in [0.717, 1.165) is 0 Å². The lowest BCUT2D eigenvalue weighted by molar-refractivity contribution is -0.119. The van der Waals surface area contributed by atoms with Gasteiger partial charge < -0.3 is 16.4 Å². The molecular formula is C16H25N3O2. The Labute approximate surface area is 126 Å². The second kappa shape index (κ2) is 8.42. The van der Waals surface area contributed by atoms with Crippen molar-refractivity contribution in [2.45, 2.75) is 27.2 Å². The van der Waals surface area contributed by atoms with E-state index in [2.05, 4.69) is 10.6 Å². The van der Waals surface area contributed by atoms with Gasteiger partial charge in [0, 0.05) is 13.1 Å². The number of amides is 2. The van der Waals surface area contributed by atoms with Gasteiger partial charge in [0.25, 0.3) is 5.91 Å². The summed E-state index contributed by atoms with van der Waals surface area (Å²) in [6.07, 6.45) is 0.671. The van der Waals surface area contributed by atoms with Gasteiger partial charge in [-0.25, -0.2) is 0 Å². The molecule has 4 N–H and O–H groups in total. The van der Waals surface area contributed by atoms with Gasteiger partial charge >= 0.3 is 0 Å². The first kappa shape index (κ1) is 17.2. The quantitative estimate of drug-likeness (QED) is 0.718. The van der Waals surface area contributed by atoms with Crippen LogP contribution in [-0.4, -0.2) is 24.9 Å². The number of carbonyl (C=O) groups is 2. The molecule has 0 spiro atoms. The van der Waals surface area contributed by atoms with E-state index >= 15 is 0 Å². The Bertz CT molecular complexity index is 482. The molecule has 2 amide bonds. The number of anilines is 1. The molecule has 0 aliphatic rings. The smallest absolute Gasteiger partial charge is 0.253 e. The first-order chi connectivity index (χ1) is 9.99. The number of benzene rings is 1. The van der Waals surface area contributed by atoms with Gasteiger partial charge in [0.05, 0.1) is 17.2 Å². The Hall–Kier alpha value is -1.88. The molecule has 1 aromatic carbocycles. The second-order valence-electron chi connectivity index (χ2n) is 5.48. The molecule has 0 saturated carbocycles. The molecule has 0 radical (unpaired) electrons. The van der Waals surface area contributed by atoms with Crippen molar-refractivity contribution in [1.29, 1.82) is 0 Å². The van der Waals surface area contributed by atoms with Crippen LogP contribution in [0, 0.1) is 11.8 Å². The first-order valence-electron chi connectivity index (χ1n) is 7.37. The fourth-order valence-corrected chi connectivity index (χ4v) is 1.88. The minimum atomic E-state index is -0.239. The van der Waals surface area contributed by atoms with E-state index in [1.54, 1.807) is 24.3 Å². The zero-order valence-corrected chi connectivity index (χ0v) is 13.0. The molecule has 116 valence electrons. The predicted molar refractivity (Wildman–Crippen MR) is 85.1 cm³/mol. The highest BCUT2D eigenvalue weighted by Crippen LogP contribution is 2.16. The highest BCUT2D eigenvalue weighted by Gasteiger charge is 2.18. The third-order valence-corrected chi connectivity index (χ3v) is 3.25. The molecular weight excluding hydrogens is 266 g/mol. The van der Waals surface area contributed by atoms with Gasteiger partial charge in [-0.3, -0.25) is 9.59 Å². The van der Waals surface area contributed by atoms with E-state index in [1.165, 1.54) is 0 Å². The van der Waals surface area contributed by atoms with Crippen LogP contribution < -0.4 is 16.4 Å². The summed E-state index contributed by atoms with van der Waals surface area (Å²) in [5.74, 6) is -0.196. The van der Waals surface area contributed by atoms with Crippen molar-refractivity contribution >= 4 is 17.5 Å². The van der Waals surface area contributed by atoms with Crippen molar-refractivity contribution in [3.63, 3.8) is 0 Å². The number of carbonyl (C=O) groups excluding carboxylic acids is 2. The number of hydrogen-bond donors (Lipinski definition) is 3. The molecule has 0 bridgehead atoms. The number of para-hydroxylation sites is 1. The molecule has 5 heteroatoms. The molecule has 0 aliphatic carbocycles.